The molecule has 0 aliphatic heterocycles. The molecule has 1 heteroatoms. The molecule has 0 fully saturated rings. The second-order valence-corrected chi connectivity index (χ2v) is 5.19. The van der Waals surface area contributed by atoms with Gasteiger partial charge in [0.05, 0.1) is 0 Å². The average Bonchev–Trinajstić information content (AvgIpc) is 2.29. The Hall–Kier alpha value is -0.980. The Morgan fingerprint density at radius 3 is 2.00 bits per heavy atom. The summed E-state index contributed by atoms with van der Waals surface area (Å²) in [5, 5.41) is 9.67. The minimum absolute atomic E-state index is 0.399. The van der Waals surface area contributed by atoms with E-state index < -0.39 is 0 Å². The molecule has 0 aliphatic rings. The zero-order chi connectivity index (χ0) is 12.8. The highest BCUT2D eigenvalue weighted by atomic mass is 16.3. The molecule has 1 nitrogen and oxygen atoms in total. The topological polar surface area (TPSA) is 20.2 Å². The van der Waals surface area contributed by atoms with Crippen molar-refractivity contribution in [2.45, 2.75) is 65.2 Å². The molecule has 0 heterocycles. The van der Waals surface area contributed by atoms with E-state index in [9.17, 15) is 5.11 Å². The van der Waals surface area contributed by atoms with Crippen LogP contribution in [0.3, 0.4) is 0 Å². The van der Waals surface area contributed by atoms with Crippen molar-refractivity contribution >= 4 is 0 Å². The molecule has 0 aliphatic carbocycles. The zero-order valence-electron chi connectivity index (χ0n) is 11.7. The normalized spacial score (nSPS) is 14.6. The van der Waals surface area contributed by atoms with Crippen molar-refractivity contribution in [1.29, 1.82) is 0 Å². The average molecular weight is 234 g/mol. The number of aromatic hydroxyl groups is 1. The molecule has 1 aromatic carbocycles. The van der Waals surface area contributed by atoms with Crippen LogP contribution >= 0.6 is 0 Å². The highest BCUT2D eigenvalue weighted by Gasteiger charge is 2.15. The van der Waals surface area contributed by atoms with E-state index in [2.05, 4.69) is 33.8 Å². The molecule has 0 saturated heterocycles. The molecule has 0 aromatic heterocycles. The summed E-state index contributed by atoms with van der Waals surface area (Å²) in [4.78, 5) is 0. The first-order valence-corrected chi connectivity index (χ1v) is 6.92. The molecule has 1 N–H and O–H groups in total. The molecule has 2 unspecified atom stereocenters. The fourth-order valence-electron chi connectivity index (χ4n) is 2.61. The number of phenolic OH excluding ortho intramolecular Hbond substituents is 1. The van der Waals surface area contributed by atoms with Crippen LogP contribution in [0, 0.1) is 0 Å². The minimum Gasteiger partial charge on any atom is -0.508 e. The molecule has 17 heavy (non-hydrogen) atoms. The summed E-state index contributed by atoms with van der Waals surface area (Å²) in [5.74, 6) is 1.53. The number of rotatable bonds is 6. The number of benzene rings is 1. The van der Waals surface area contributed by atoms with Crippen molar-refractivity contribution in [3.8, 4) is 5.75 Å². The number of hydrogen-bond acceptors (Lipinski definition) is 1. The van der Waals surface area contributed by atoms with Gasteiger partial charge in [0.25, 0.3) is 0 Å². The highest BCUT2D eigenvalue weighted by molar-refractivity contribution is 5.39. The van der Waals surface area contributed by atoms with Gasteiger partial charge in [-0.15, -0.1) is 0 Å². The zero-order valence-corrected chi connectivity index (χ0v) is 11.7. The summed E-state index contributed by atoms with van der Waals surface area (Å²) in [6.07, 6.45) is 4.81. The van der Waals surface area contributed by atoms with Crippen molar-refractivity contribution < 1.29 is 5.11 Å². The van der Waals surface area contributed by atoms with Gasteiger partial charge < -0.3 is 5.11 Å². The molecular formula is C16H26O. The standard InChI is InChI=1S/C16H26O/c1-5-7-12(3)15-10-9-14(17)11-16(15)13(4)8-6-2/h9-13,17H,5-8H2,1-4H3. The summed E-state index contributed by atoms with van der Waals surface area (Å²) in [6, 6.07) is 5.89. The second-order valence-electron chi connectivity index (χ2n) is 5.19. The van der Waals surface area contributed by atoms with Crippen molar-refractivity contribution in [2.75, 3.05) is 0 Å². The Morgan fingerprint density at radius 2 is 1.47 bits per heavy atom. The van der Waals surface area contributed by atoms with Crippen molar-refractivity contribution in [1.82, 2.24) is 0 Å². The maximum absolute atomic E-state index is 9.67. The van der Waals surface area contributed by atoms with Crippen LogP contribution < -0.4 is 0 Å². The van der Waals surface area contributed by atoms with Crippen LogP contribution in [-0.4, -0.2) is 5.11 Å². The summed E-state index contributed by atoms with van der Waals surface area (Å²) in [5.41, 5.74) is 2.76. The summed E-state index contributed by atoms with van der Waals surface area (Å²) in [7, 11) is 0. The molecule has 1 rings (SSSR count). The minimum atomic E-state index is 0.399. The third-order valence-corrected chi connectivity index (χ3v) is 3.58. The van der Waals surface area contributed by atoms with Crippen LogP contribution in [0.2, 0.25) is 0 Å². The van der Waals surface area contributed by atoms with E-state index in [-0.39, 0.29) is 0 Å². The third kappa shape index (κ3) is 3.76. The largest absolute Gasteiger partial charge is 0.508 e. The number of hydrogen-bond donors (Lipinski definition) is 1. The lowest BCUT2D eigenvalue weighted by Crippen LogP contribution is -2.03. The lowest BCUT2D eigenvalue weighted by Gasteiger charge is -2.20. The predicted octanol–water partition coefficient (Wildman–Crippen LogP) is 5.20. The Kier molecular flexibility index (Phi) is 5.54. The monoisotopic (exact) mass is 234 g/mol. The van der Waals surface area contributed by atoms with Crippen molar-refractivity contribution in [3.05, 3.63) is 29.3 Å². The van der Waals surface area contributed by atoms with Gasteiger partial charge in [-0.3, -0.25) is 0 Å². The van der Waals surface area contributed by atoms with Gasteiger partial charge in [-0.2, -0.15) is 0 Å². The van der Waals surface area contributed by atoms with Gasteiger partial charge in [-0.25, -0.2) is 0 Å². The van der Waals surface area contributed by atoms with Gasteiger partial charge in [0, 0.05) is 0 Å². The maximum atomic E-state index is 9.67. The Labute approximate surface area is 106 Å². The van der Waals surface area contributed by atoms with E-state index in [0.29, 0.717) is 17.6 Å². The van der Waals surface area contributed by atoms with Crippen LogP contribution in [-0.2, 0) is 0 Å². The van der Waals surface area contributed by atoms with Crippen LogP contribution in [0.1, 0.15) is 76.3 Å². The molecule has 0 spiro atoms. The van der Waals surface area contributed by atoms with Gasteiger partial charge in [0.2, 0.25) is 0 Å². The summed E-state index contributed by atoms with van der Waals surface area (Å²) in [6.45, 7) is 9.00. The lowest BCUT2D eigenvalue weighted by molar-refractivity contribution is 0.472. The fourth-order valence-corrected chi connectivity index (χ4v) is 2.61. The Balaban J connectivity index is 3.02. The molecule has 0 bridgehead atoms. The van der Waals surface area contributed by atoms with E-state index in [1.807, 2.05) is 12.1 Å². The first kappa shape index (κ1) is 14.1. The maximum Gasteiger partial charge on any atom is 0.115 e. The molecule has 96 valence electrons. The van der Waals surface area contributed by atoms with E-state index in [1.54, 1.807) is 0 Å². The van der Waals surface area contributed by atoms with Crippen LogP contribution in [0.4, 0.5) is 0 Å². The molecule has 0 radical (unpaired) electrons. The SMILES string of the molecule is CCCC(C)c1ccc(O)cc1C(C)CCC. The Bertz CT molecular complexity index is 343. The summed E-state index contributed by atoms with van der Waals surface area (Å²) >= 11 is 0. The Morgan fingerprint density at radius 1 is 0.941 bits per heavy atom. The van der Waals surface area contributed by atoms with Gasteiger partial charge >= 0.3 is 0 Å². The van der Waals surface area contributed by atoms with E-state index in [0.717, 1.165) is 0 Å². The first-order chi connectivity index (χ1) is 8.10. The van der Waals surface area contributed by atoms with Crippen molar-refractivity contribution in [2.24, 2.45) is 0 Å². The fraction of sp³-hybridized carbons (Fsp3) is 0.625. The van der Waals surface area contributed by atoms with E-state index >= 15 is 0 Å². The molecule has 1 aromatic rings. The van der Waals surface area contributed by atoms with E-state index in [1.165, 1.54) is 36.8 Å². The first-order valence-electron chi connectivity index (χ1n) is 6.92. The van der Waals surface area contributed by atoms with Gasteiger partial charge in [-0.05, 0) is 47.9 Å². The molecular weight excluding hydrogens is 208 g/mol. The van der Waals surface area contributed by atoms with Gasteiger partial charge in [0.15, 0.2) is 0 Å². The quantitative estimate of drug-likeness (QED) is 0.717. The molecule has 0 saturated carbocycles. The third-order valence-electron chi connectivity index (χ3n) is 3.58. The molecule has 2 atom stereocenters. The van der Waals surface area contributed by atoms with E-state index in [4.69, 9.17) is 0 Å². The lowest BCUT2D eigenvalue weighted by atomic mass is 9.85. The van der Waals surface area contributed by atoms with Gasteiger partial charge in [-0.1, -0.05) is 46.6 Å². The molecule has 0 amide bonds. The number of phenols is 1. The highest BCUT2D eigenvalue weighted by Crippen LogP contribution is 2.33. The van der Waals surface area contributed by atoms with Crippen LogP contribution in [0.25, 0.3) is 0 Å². The second kappa shape index (κ2) is 6.68. The van der Waals surface area contributed by atoms with Crippen LogP contribution in [0.5, 0.6) is 5.75 Å². The predicted molar refractivity (Wildman–Crippen MR) is 74.8 cm³/mol. The summed E-state index contributed by atoms with van der Waals surface area (Å²) < 4.78 is 0. The smallest absolute Gasteiger partial charge is 0.115 e. The van der Waals surface area contributed by atoms with Crippen molar-refractivity contribution in [3.63, 3.8) is 0 Å². The van der Waals surface area contributed by atoms with Crippen LogP contribution in [0.15, 0.2) is 18.2 Å². The van der Waals surface area contributed by atoms with Gasteiger partial charge in [0.1, 0.15) is 5.75 Å².